The molecular weight excluding hydrogens is 420 g/mol. The van der Waals surface area contributed by atoms with Gasteiger partial charge in [0.1, 0.15) is 5.75 Å². The highest BCUT2D eigenvalue weighted by atomic mass is 35.5. The molecule has 0 saturated heterocycles. The van der Waals surface area contributed by atoms with E-state index in [4.69, 9.17) is 16.3 Å². The van der Waals surface area contributed by atoms with Crippen molar-refractivity contribution in [3.63, 3.8) is 0 Å². The van der Waals surface area contributed by atoms with Crippen molar-refractivity contribution in [1.82, 2.24) is 14.8 Å². The lowest BCUT2D eigenvalue weighted by Gasteiger charge is -2.16. The van der Waals surface area contributed by atoms with Crippen LogP contribution in [0.4, 0.5) is 5.69 Å². The van der Waals surface area contributed by atoms with Gasteiger partial charge in [-0.2, -0.15) is 0 Å². The number of hydrogen-bond acceptors (Lipinski definition) is 5. The maximum atomic E-state index is 12.4. The molecule has 1 amide bonds. The molecule has 3 aromatic rings. The Hall–Kier alpha value is -2.51. The number of carbonyl (C=O) groups excluding carboxylic acids is 1. The molecule has 8 heteroatoms. The van der Waals surface area contributed by atoms with E-state index in [0.717, 1.165) is 11.3 Å². The zero-order chi connectivity index (χ0) is 21.7. The Balaban J connectivity index is 1.64. The molecule has 158 valence electrons. The van der Waals surface area contributed by atoms with Crippen LogP contribution in [-0.2, 0) is 11.3 Å². The number of carbonyl (C=O) groups is 1. The molecule has 2 aromatic carbocycles. The zero-order valence-electron chi connectivity index (χ0n) is 17.5. The molecule has 1 N–H and O–H groups in total. The molecule has 30 heavy (non-hydrogen) atoms. The smallest absolute Gasteiger partial charge is 0.234 e. The predicted molar refractivity (Wildman–Crippen MR) is 121 cm³/mol. The molecule has 0 fully saturated rings. The molecule has 0 saturated carbocycles. The third-order valence-corrected chi connectivity index (χ3v) is 5.97. The summed E-state index contributed by atoms with van der Waals surface area (Å²) in [6.07, 6.45) is -0.337. The van der Waals surface area contributed by atoms with Crippen LogP contribution in [0.1, 0.15) is 36.9 Å². The van der Waals surface area contributed by atoms with Crippen molar-refractivity contribution in [3.05, 3.63) is 64.4 Å². The molecule has 0 aliphatic rings. The molecule has 3 rings (SSSR count). The van der Waals surface area contributed by atoms with Gasteiger partial charge in [-0.25, -0.2) is 0 Å². The number of anilines is 1. The van der Waals surface area contributed by atoms with Crippen molar-refractivity contribution in [2.45, 2.75) is 45.5 Å². The first-order valence-electron chi connectivity index (χ1n) is 9.73. The highest BCUT2D eigenvalue weighted by Crippen LogP contribution is 2.29. The van der Waals surface area contributed by atoms with Crippen molar-refractivity contribution < 1.29 is 9.53 Å². The van der Waals surface area contributed by atoms with Gasteiger partial charge in [-0.1, -0.05) is 41.6 Å². The summed E-state index contributed by atoms with van der Waals surface area (Å²) in [6.45, 7) is 8.65. The van der Waals surface area contributed by atoms with Crippen molar-refractivity contribution in [1.29, 1.82) is 0 Å². The summed E-state index contributed by atoms with van der Waals surface area (Å²) < 4.78 is 7.92. The topological polar surface area (TPSA) is 69.0 Å². The third kappa shape index (κ3) is 5.34. The summed E-state index contributed by atoms with van der Waals surface area (Å²) in [5.74, 6) is 1.44. The number of para-hydroxylation sites is 1. The number of nitrogens with one attached hydrogen (secondary N) is 1. The van der Waals surface area contributed by atoms with E-state index in [0.29, 0.717) is 28.3 Å². The second kappa shape index (κ2) is 10.00. The minimum atomic E-state index is -0.337. The highest BCUT2D eigenvalue weighted by Gasteiger charge is 2.20. The second-order valence-corrected chi connectivity index (χ2v) is 8.26. The van der Waals surface area contributed by atoms with Gasteiger partial charge in [0.15, 0.2) is 17.1 Å². The number of amides is 1. The summed E-state index contributed by atoms with van der Waals surface area (Å²) in [6, 6.07) is 13.2. The number of rotatable bonds is 8. The molecule has 0 radical (unpaired) electrons. The zero-order valence-corrected chi connectivity index (χ0v) is 19.0. The molecule has 1 heterocycles. The van der Waals surface area contributed by atoms with E-state index < -0.39 is 0 Å². The lowest BCUT2D eigenvalue weighted by Crippen LogP contribution is -2.15. The molecule has 1 aromatic heterocycles. The van der Waals surface area contributed by atoms with Gasteiger partial charge in [0, 0.05) is 12.2 Å². The van der Waals surface area contributed by atoms with Gasteiger partial charge in [0.2, 0.25) is 5.91 Å². The standard InChI is InChI=1S/C22H25ClN4O2S/c1-5-27-21(16(4)29-19-9-7-6-8-18(19)23)25-26-22(27)30-13-20(28)24-17-11-10-14(2)15(3)12-17/h6-12,16H,5,13H2,1-4H3,(H,24,28). The maximum absolute atomic E-state index is 12.4. The van der Waals surface area contributed by atoms with E-state index >= 15 is 0 Å². The lowest BCUT2D eigenvalue weighted by molar-refractivity contribution is -0.113. The van der Waals surface area contributed by atoms with Crippen molar-refractivity contribution in [3.8, 4) is 5.75 Å². The van der Waals surface area contributed by atoms with Gasteiger partial charge in [-0.3, -0.25) is 4.79 Å². The van der Waals surface area contributed by atoms with Crippen LogP contribution in [0, 0.1) is 13.8 Å². The van der Waals surface area contributed by atoms with E-state index in [9.17, 15) is 4.79 Å². The van der Waals surface area contributed by atoms with Crippen molar-refractivity contribution >= 4 is 35.0 Å². The minimum Gasteiger partial charge on any atom is -0.481 e. The molecule has 0 bridgehead atoms. The Kier molecular flexibility index (Phi) is 7.39. The summed E-state index contributed by atoms with van der Waals surface area (Å²) in [4.78, 5) is 12.4. The van der Waals surface area contributed by atoms with Crippen LogP contribution in [0.15, 0.2) is 47.6 Å². The number of hydrogen-bond donors (Lipinski definition) is 1. The van der Waals surface area contributed by atoms with Crippen molar-refractivity contribution in [2.75, 3.05) is 11.1 Å². The van der Waals surface area contributed by atoms with Gasteiger partial charge in [0.25, 0.3) is 0 Å². The van der Waals surface area contributed by atoms with Gasteiger partial charge >= 0.3 is 0 Å². The Bertz CT molecular complexity index is 1040. The first-order valence-corrected chi connectivity index (χ1v) is 11.1. The summed E-state index contributed by atoms with van der Waals surface area (Å²) in [7, 11) is 0. The molecule has 0 aliphatic heterocycles. The predicted octanol–water partition coefficient (Wildman–Crippen LogP) is 5.44. The third-order valence-electron chi connectivity index (χ3n) is 4.69. The van der Waals surface area contributed by atoms with Gasteiger partial charge in [0.05, 0.1) is 10.8 Å². The average molecular weight is 445 g/mol. The molecule has 0 spiro atoms. The molecule has 1 unspecified atom stereocenters. The van der Waals surface area contributed by atoms with Crippen LogP contribution < -0.4 is 10.1 Å². The largest absolute Gasteiger partial charge is 0.481 e. The molecule has 0 aliphatic carbocycles. The SMILES string of the molecule is CCn1c(SCC(=O)Nc2ccc(C)c(C)c2)nnc1C(C)Oc1ccccc1Cl. The normalized spacial score (nSPS) is 11.9. The van der Waals surface area contributed by atoms with Gasteiger partial charge in [-0.15, -0.1) is 10.2 Å². The molecule has 6 nitrogen and oxygen atoms in total. The van der Waals surface area contributed by atoms with Crippen LogP contribution in [-0.4, -0.2) is 26.4 Å². The Morgan fingerprint density at radius 3 is 2.67 bits per heavy atom. The number of thioether (sulfide) groups is 1. The first-order chi connectivity index (χ1) is 14.4. The van der Waals surface area contributed by atoms with Gasteiger partial charge < -0.3 is 14.6 Å². The number of nitrogens with zero attached hydrogens (tertiary/aromatic N) is 3. The summed E-state index contributed by atoms with van der Waals surface area (Å²) in [5, 5.41) is 12.7. The second-order valence-electron chi connectivity index (χ2n) is 6.91. The maximum Gasteiger partial charge on any atom is 0.234 e. The Morgan fingerprint density at radius 1 is 1.20 bits per heavy atom. The van der Waals surface area contributed by atoms with E-state index in [2.05, 4.69) is 15.5 Å². The quantitative estimate of drug-likeness (QED) is 0.468. The fraction of sp³-hybridized carbons (Fsp3) is 0.318. The molecular formula is C22H25ClN4O2S. The van der Waals surface area contributed by atoms with Gasteiger partial charge in [-0.05, 0) is 63.1 Å². The number of aryl methyl sites for hydroxylation is 2. The van der Waals surface area contributed by atoms with Crippen LogP contribution in [0.2, 0.25) is 5.02 Å². The number of ether oxygens (including phenoxy) is 1. The highest BCUT2D eigenvalue weighted by molar-refractivity contribution is 7.99. The minimum absolute atomic E-state index is 0.0872. The van der Waals surface area contributed by atoms with E-state index in [1.54, 1.807) is 6.07 Å². The van der Waals surface area contributed by atoms with E-state index in [-0.39, 0.29) is 17.8 Å². The summed E-state index contributed by atoms with van der Waals surface area (Å²) >= 11 is 7.54. The average Bonchev–Trinajstić information content (AvgIpc) is 3.14. The monoisotopic (exact) mass is 444 g/mol. The van der Waals surface area contributed by atoms with E-state index in [1.165, 1.54) is 17.3 Å². The van der Waals surface area contributed by atoms with E-state index in [1.807, 2.05) is 68.7 Å². The molecule has 1 atom stereocenters. The van der Waals surface area contributed by atoms with Crippen LogP contribution in [0.25, 0.3) is 0 Å². The Labute approximate surface area is 186 Å². The van der Waals surface area contributed by atoms with Crippen molar-refractivity contribution in [2.24, 2.45) is 0 Å². The summed E-state index contributed by atoms with van der Waals surface area (Å²) in [5.41, 5.74) is 3.13. The number of aromatic nitrogens is 3. The van der Waals surface area contributed by atoms with Crippen LogP contribution in [0.5, 0.6) is 5.75 Å². The van der Waals surface area contributed by atoms with Crippen LogP contribution >= 0.6 is 23.4 Å². The fourth-order valence-corrected chi connectivity index (χ4v) is 3.92. The lowest BCUT2D eigenvalue weighted by atomic mass is 10.1. The van der Waals surface area contributed by atoms with Crippen LogP contribution in [0.3, 0.4) is 0 Å². The first kappa shape index (κ1) is 22.2. The number of halogens is 1. The fourth-order valence-electron chi connectivity index (χ4n) is 2.93. The Morgan fingerprint density at radius 2 is 1.97 bits per heavy atom. The number of benzene rings is 2.